The quantitative estimate of drug-likeness (QED) is 0.101. The van der Waals surface area contributed by atoms with Gasteiger partial charge in [-0.05, 0) is 153 Å². The molecule has 0 spiro atoms. The highest BCUT2D eigenvalue weighted by Gasteiger charge is 2.22. The summed E-state index contributed by atoms with van der Waals surface area (Å²) in [5.74, 6) is 0. The van der Waals surface area contributed by atoms with E-state index in [1.54, 1.807) is 0 Å². The fourth-order valence-electron chi connectivity index (χ4n) is 11.6. The van der Waals surface area contributed by atoms with Crippen molar-refractivity contribution in [2.45, 2.75) is 0 Å². The Labute approximate surface area is 431 Å². The minimum atomic E-state index is 1.10. The minimum Gasteiger partial charge on any atom is -0.309 e. The van der Waals surface area contributed by atoms with E-state index >= 15 is 0 Å². The van der Waals surface area contributed by atoms with Crippen LogP contribution < -0.4 is 0 Å². The molecule has 0 aliphatic heterocycles. The normalized spacial score (nSPS) is 11.5. The van der Waals surface area contributed by atoms with Crippen molar-refractivity contribution in [1.29, 1.82) is 0 Å². The molecule has 0 amide bonds. The van der Waals surface area contributed by atoms with Gasteiger partial charge in [0.05, 0.1) is 22.8 Å². The number of hydrogen-bond acceptors (Lipinski definition) is 0. The molecule has 14 rings (SSSR count). The summed E-state index contributed by atoms with van der Waals surface area (Å²) in [6, 6.07) is 107. The van der Waals surface area contributed by atoms with E-state index in [0.717, 1.165) is 50.8 Å². The maximum atomic E-state index is 2.45. The number of hydrogen-bond donors (Lipinski definition) is 0. The van der Waals surface area contributed by atoms with E-state index in [4.69, 9.17) is 0 Å². The molecule has 2 nitrogen and oxygen atoms in total. The first kappa shape index (κ1) is 43.1. The molecule has 14 aromatic rings. The summed E-state index contributed by atoms with van der Waals surface area (Å²) in [4.78, 5) is 0. The Hall–Kier alpha value is -9.76. The van der Waals surface area contributed by atoms with Crippen LogP contribution in [0.2, 0.25) is 0 Å². The van der Waals surface area contributed by atoms with Gasteiger partial charge in [0, 0.05) is 11.4 Å². The summed E-state index contributed by atoms with van der Waals surface area (Å²) in [7, 11) is 0. The lowest BCUT2D eigenvalue weighted by Crippen LogP contribution is -2.02. The van der Waals surface area contributed by atoms with Crippen LogP contribution >= 0.6 is 0 Å². The van der Waals surface area contributed by atoms with Crippen molar-refractivity contribution in [1.82, 2.24) is 9.13 Å². The van der Waals surface area contributed by atoms with E-state index in [9.17, 15) is 0 Å². The Balaban J connectivity index is 1.06. The van der Waals surface area contributed by atoms with Gasteiger partial charge >= 0.3 is 0 Å². The van der Waals surface area contributed by atoms with Crippen LogP contribution in [0.4, 0.5) is 0 Å². The van der Waals surface area contributed by atoms with Crippen molar-refractivity contribution in [3.8, 4) is 89.8 Å². The summed E-state index contributed by atoms with van der Waals surface area (Å²) in [6.07, 6.45) is 0. The van der Waals surface area contributed by atoms with E-state index in [2.05, 4.69) is 300 Å². The molecule has 0 unspecified atom stereocenters. The number of nitrogens with zero attached hydrogens (tertiary/aromatic N) is 2. The Morgan fingerprint density at radius 2 is 0.527 bits per heavy atom. The highest BCUT2D eigenvalue weighted by atomic mass is 15.0. The Kier molecular flexibility index (Phi) is 10.6. The number of aromatic nitrogens is 2. The summed E-state index contributed by atoms with van der Waals surface area (Å²) >= 11 is 0. The summed E-state index contributed by atoms with van der Waals surface area (Å²) < 4.78 is 4.89. The average molecular weight is 941 g/mol. The third-order valence-electron chi connectivity index (χ3n) is 15.0. The van der Waals surface area contributed by atoms with Crippen molar-refractivity contribution in [3.05, 3.63) is 291 Å². The van der Waals surface area contributed by atoms with Crippen LogP contribution in [0.5, 0.6) is 0 Å². The van der Waals surface area contributed by atoms with Gasteiger partial charge in [-0.25, -0.2) is 0 Å². The van der Waals surface area contributed by atoms with Crippen LogP contribution in [-0.2, 0) is 0 Å². The van der Waals surface area contributed by atoms with E-state index < -0.39 is 0 Å². The van der Waals surface area contributed by atoms with Gasteiger partial charge in [-0.1, -0.05) is 237 Å². The molecule has 0 saturated heterocycles. The Morgan fingerprint density at radius 3 is 0.959 bits per heavy atom. The second-order valence-corrected chi connectivity index (χ2v) is 19.2. The van der Waals surface area contributed by atoms with Crippen LogP contribution in [0.3, 0.4) is 0 Å². The first-order valence-electron chi connectivity index (χ1n) is 25.5. The zero-order valence-corrected chi connectivity index (χ0v) is 40.6. The van der Waals surface area contributed by atoms with Crippen LogP contribution in [0.1, 0.15) is 0 Å². The lowest BCUT2D eigenvalue weighted by molar-refractivity contribution is 1.10. The SMILES string of the molecule is c1ccc(-c2c3ccc(-n4c(-c5ccccc5)ccc4-c4ccccc4)cc3c(-c3ccc(-c4cc5ccccc5c5ccccc45)cc3)c3ccc(-n4c(-c5ccccc5)ccc4-c4ccccc4)cc23)cc1. The third kappa shape index (κ3) is 7.35. The molecule has 74 heavy (non-hydrogen) atoms. The zero-order chi connectivity index (χ0) is 49.0. The molecular formula is C72H48N2. The number of fused-ring (bicyclic) bond motifs is 5. The number of benzene rings is 12. The first-order chi connectivity index (χ1) is 36.7. The Bertz CT molecular complexity index is 4250. The summed E-state index contributed by atoms with van der Waals surface area (Å²) in [5.41, 5.74) is 18.6. The second-order valence-electron chi connectivity index (χ2n) is 19.2. The molecule has 0 bridgehead atoms. The van der Waals surface area contributed by atoms with Crippen molar-refractivity contribution in [2.24, 2.45) is 0 Å². The van der Waals surface area contributed by atoms with Gasteiger partial charge in [0.1, 0.15) is 0 Å². The lowest BCUT2D eigenvalue weighted by Gasteiger charge is -2.22. The fraction of sp³-hybridized carbons (Fsp3) is 0. The molecule has 0 N–H and O–H groups in total. The maximum absolute atomic E-state index is 2.45. The second kappa shape index (κ2) is 18.1. The van der Waals surface area contributed by atoms with E-state index in [1.807, 2.05) is 0 Å². The van der Waals surface area contributed by atoms with Crippen LogP contribution in [0.25, 0.3) is 133 Å². The molecule has 346 valence electrons. The molecule has 0 aliphatic carbocycles. The van der Waals surface area contributed by atoms with Gasteiger partial charge in [0.15, 0.2) is 0 Å². The third-order valence-corrected chi connectivity index (χ3v) is 15.0. The van der Waals surface area contributed by atoms with Crippen molar-refractivity contribution < 1.29 is 0 Å². The maximum Gasteiger partial charge on any atom is 0.0535 e. The van der Waals surface area contributed by atoms with Gasteiger partial charge < -0.3 is 9.13 Å². The largest absolute Gasteiger partial charge is 0.309 e. The topological polar surface area (TPSA) is 9.86 Å². The van der Waals surface area contributed by atoms with E-state index in [-0.39, 0.29) is 0 Å². The molecule has 2 heterocycles. The van der Waals surface area contributed by atoms with Gasteiger partial charge in [0.2, 0.25) is 0 Å². The van der Waals surface area contributed by atoms with Crippen LogP contribution in [-0.4, -0.2) is 9.13 Å². The standard InChI is InChI=1S/C72H48N2/c1-6-20-50(21-7-1)67-42-43-68(51-22-8-2-9-23-51)73(67)57-39-41-63-65(47-57)71(54-28-14-5-15-29-54)62-40-38-58(74-69(52-24-10-3-11-25-52)44-45-70(74)53-26-12-4-13-27-53)48-66(62)72(63)55-36-34-49(35-37-55)64-46-56-30-16-17-31-59(56)60-32-18-19-33-61(60)64/h1-48H. The predicted octanol–water partition coefficient (Wildman–Crippen LogP) is 19.5. The van der Waals surface area contributed by atoms with E-state index in [1.165, 1.54) is 82.0 Å². The van der Waals surface area contributed by atoms with E-state index in [0.29, 0.717) is 0 Å². The molecule has 2 aromatic heterocycles. The molecule has 0 atom stereocenters. The van der Waals surface area contributed by atoms with Gasteiger partial charge in [-0.2, -0.15) is 0 Å². The molecule has 0 aliphatic rings. The van der Waals surface area contributed by atoms with Crippen molar-refractivity contribution in [2.75, 3.05) is 0 Å². The molecule has 0 fully saturated rings. The molecule has 2 heteroatoms. The van der Waals surface area contributed by atoms with Gasteiger partial charge in [-0.15, -0.1) is 0 Å². The van der Waals surface area contributed by atoms with Crippen molar-refractivity contribution >= 4 is 43.1 Å². The summed E-state index contributed by atoms with van der Waals surface area (Å²) in [6.45, 7) is 0. The average Bonchev–Trinajstić information content (AvgIpc) is 4.14. The summed E-state index contributed by atoms with van der Waals surface area (Å²) in [5, 5.41) is 9.80. The molecule has 0 saturated carbocycles. The minimum absolute atomic E-state index is 1.10. The lowest BCUT2D eigenvalue weighted by atomic mass is 9.85. The van der Waals surface area contributed by atoms with Gasteiger partial charge in [-0.3, -0.25) is 0 Å². The predicted molar refractivity (Wildman–Crippen MR) is 313 cm³/mol. The first-order valence-corrected chi connectivity index (χ1v) is 25.5. The van der Waals surface area contributed by atoms with Crippen molar-refractivity contribution in [3.63, 3.8) is 0 Å². The van der Waals surface area contributed by atoms with Crippen LogP contribution in [0.15, 0.2) is 291 Å². The molecule has 0 radical (unpaired) electrons. The Morgan fingerprint density at radius 1 is 0.189 bits per heavy atom. The van der Waals surface area contributed by atoms with Crippen LogP contribution in [0, 0.1) is 0 Å². The number of rotatable bonds is 9. The molecule has 12 aromatic carbocycles. The smallest absolute Gasteiger partial charge is 0.0535 e. The molecular weight excluding hydrogens is 893 g/mol. The zero-order valence-electron chi connectivity index (χ0n) is 40.6. The monoisotopic (exact) mass is 940 g/mol. The van der Waals surface area contributed by atoms with Gasteiger partial charge in [0.25, 0.3) is 0 Å². The fourth-order valence-corrected chi connectivity index (χ4v) is 11.6. The highest BCUT2D eigenvalue weighted by molar-refractivity contribution is 6.22. The highest BCUT2D eigenvalue weighted by Crippen LogP contribution is 2.47.